The van der Waals surface area contributed by atoms with Gasteiger partial charge in [-0.1, -0.05) is 60.7 Å². The zero-order valence-corrected chi connectivity index (χ0v) is 16.5. The van der Waals surface area contributed by atoms with Gasteiger partial charge in [-0.2, -0.15) is 0 Å². The summed E-state index contributed by atoms with van der Waals surface area (Å²) in [7, 11) is 0. The molecule has 1 saturated heterocycles. The zero-order valence-electron chi connectivity index (χ0n) is 16.5. The summed E-state index contributed by atoms with van der Waals surface area (Å²) >= 11 is 0. The highest BCUT2D eigenvalue weighted by Gasteiger charge is 2.47. The molecular formula is C23H28NO3. The number of hydroxylamine groups is 2. The maximum Gasteiger partial charge on any atom is 0.318 e. The molecule has 0 saturated carbocycles. The number of carbonyl (C=O) groups excluding carboxylic acids is 1. The number of hydrogen-bond donors (Lipinski definition) is 0. The SMILES string of the molecule is CC1(C)CC(OC(=O)C(c2ccccc2)c2ccccc2)CC(C)(C)[15N]1[O]. The normalized spacial score (nSPS) is 19.8. The monoisotopic (exact) mass is 367 g/mol. The van der Waals surface area contributed by atoms with Crippen LogP contribution in [0.4, 0.5) is 0 Å². The summed E-state index contributed by atoms with van der Waals surface area (Å²) in [6.07, 6.45) is 0.784. The van der Waals surface area contributed by atoms with Crippen molar-refractivity contribution in [3.05, 3.63) is 71.8 Å². The largest absolute Gasteiger partial charge is 0.462 e. The smallest absolute Gasteiger partial charge is 0.318 e. The van der Waals surface area contributed by atoms with Crippen molar-refractivity contribution in [1.82, 2.24) is 5.06 Å². The fraction of sp³-hybridized carbons (Fsp3) is 0.435. The van der Waals surface area contributed by atoms with Gasteiger partial charge >= 0.3 is 5.97 Å². The Bertz CT molecular complexity index is 713. The average Bonchev–Trinajstić information content (AvgIpc) is 2.61. The highest BCUT2D eigenvalue weighted by Crippen LogP contribution is 2.39. The fourth-order valence-corrected chi connectivity index (χ4v) is 4.24. The molecule has 0 bridgehead atoms. The standard InChI is InChI=1S/C23H28NO3/c1-22(2)15-19(16-23(3,4)24(22)26)27-21(25)20(17-11-7-5-8-12-17)18-13-9-6-10-14-18/h5-14,19-20H,15-16H2,1-4H3/i24+1. The molecule has 0 atom stereocenters. The second-order valence-electron chi connectivity index (χ2n) is 8.64. The Hall–Kier alpha value is -2.17. The van der Waals surface area contributed by atoms with Crippen LogP contribution in [0.2, 0.25) is 0 Å². The lowest BCUT2D eigenvalue weighted by Crippen LogP contribution is -2.60. The summed E-state index contributed by atoms with van der Waals surface area (Å²) in [4.78, 5) is 13.2. The Morgan fingerprint density at radius 2 is 1.30 bits per heavy atom. The molecule has 1 aliphatic heterocycles. The minimum atomic E-state index is -0.568. The van der Waals surface area contributed by atoms with E-state index in [4.69, 9.17) is 4.74 Å². The van der Waals surface area contributed by atoms with Crippen LogP contribution in [0, 0.1) is 0 Å². The van der Waals surface area contributed by atoms with E-state index in [2.05, 4.69) is 0 Å². The van der Waals surface area contributed by atoms with Crippen molar-refractivity contribution in [2.24, 2.45) is 0 Å². The van der Waals surface area contributed by atoms with Crippen LogP contribution in [0.25, 0.3) is 0 Å². The minimum absolute atomic E-state index is 0.261. The molecular weight excluding hydrogens is 339 g/mol. The molecule has 0 unspecified atom stereocenters. The maximum absolute atomic E-state index is 13.2. The van der Waals surface area contributed by atoms with E-state index < -0.39 is 17.0 Å². The van der Waals surface area contributed by atoms with E-state index >= 15 is 0 Å². The number of esters is 1. The summed E-state index contributed by atoms with van der Waals surface area (Å²) in [5.41, 5.74) is 0.686. The first-order chi connectivity index (χ1) is 12.7. The van der Waals surface area contributed by atoms with E-state index in [1.165, 1.54) is 0 Å². The van der Waals surface area contributed by atoms with E-state index in [0.29, 0.717) is 12.8 Å². The van der Waals surface area contributed by atoms with Crippen molar-refractivity contribution in [3.8, 4) is 0 Å². The van der Waals surface area contributed by atoms with Crippen LogP contribution >= 0.6 is 0 Å². The lowest BCUT2D eigenvalue weighted by molar-refractivity contribution is -0.299. The minimum Gasteiger partial charge on any atom is -0.462 e. The van der Waals surface area contributed by atoms with Gasteiger partial charge in [0.1, 0.15) is 12.0 Å². The van der Waals surface area contributed by atoms with E-state index in [1.807, 2.05) is 88.4 Å². The third-order valence-electron chi connectivity index (χ3n) is 5.34. The Labute approximate surface area is 161 Å². The summed E-state index contributed by atoms with van der Waals surface area (Å²) in [5.74, 6) is -0.729. The van der Waals surface area contributed by atoms with Crippen molar-refractivity contribution >= 4 is 5.97 Å². The van der Waals surface area contributed by atoms with Crippen LogP contribution in [0.15, 0.2) is 60.7 Å². The Kier molecular flexibility index (Phi) is 5.41. The summed E-state index contributed by atoms with van der Waals surface area (Å²) in [5, 5.41) is 13.7. The number of nitrogens with zero attached hydrogens (tertiary/aromatic N) is 1. The number of carbonyl (C=O) groups is 1. The molecule has 4 heteroatoms. The predicted molar refractivity (Wildman–Crippen MR) is 105 cm³/mol. The number of benzene rings is 2. The quantitative estimate of drug-likeness (QED) is 0.580. The van der Waals surface area contributed by atoms with Crippen LogP contribution in [0.1, 0.15) is 57.6 Å². The Morgan fingerprint density at radius 1 is 0.889 bits per heavy atom. The highest BCUT2D eigenvalue weighted by molar-refractivity contribution is 5.82. The lowest BCUT2D eigenvalue weighted by Gasteiger charge is -2.49. The molecule has 2 aromatic carbocycles. The van der Waals surface area contributed by atoms with Gasteiger partial charge in [0.15, 0.2) is 0 Å². The first-order valence-electron chi connectivity index (χ1n) is 9.48. The maximum atomic E-state index is 13.2. The van der Waals surface area contributed by atoms with Crippen molar-refractivity contribution in [3.63, 3.8) is 0 Å². The average molecular weight is 367 g/mol. The van der Waals surface area contributed by atoms with Gasteiger partial charge < -0.3 is 4.74 Å². The molecule has 1 radical (unpaired) electrons. The third-order valence-corrected chi connectivity index (χ3v) is 5.34. The molecule has 0 aliphatic carbocycles. The van der Waals surface area contributed by atoms with Gasteiger partial charge in [0, 0.05) is 23.9 Å². The van der Waals surface area contributed by atoms with E-state index in [0.717, 1.165) is 16.2 Å². The van der Waals surface area contributed by atoms with Crippen LogP contribution < -0.4 is 0 Å². The molecule has 0 spiro atoms. The number of ether oxygens (including phenoxy) is 1. The summed E-state index contributed by atoms with van der Waals surface area (Å²) in [6, 6.07) is 19.4. The second kappa shape index (κ2) is 7.45. The van der Waals surface area contributed by atoms with Crippen molar-refractivity contribution in [2.45, 2.75) is 63.6 Å². The summed E-state index contributed by atoms with van der Waals surface area (Å²) in [6.45, 7) is 7.64. The molecule has 0 N–H and O–H groups in total. The van der Waals surface area contributed by atoms with Gasteiger partial charge in [0.05, 0.1) is 0 Å². The fourth-order valence-electron chi connectivity index (χ4n) is 4.24. The Morgan fingerprint density at radius 3 is 1.70 bits per heavy atom. The molecule has 27 heavy (non-hydrogen) atoms. The van der Waals surface area contributed by atoms with Crippen LogP contribution in [-0.4, -0.2) is 28.2 Å². The van der Waals surface area contributed by atoms with Gasteiger partial charge in [-0.15, -0.1) is 10.3 Å². The second-order valence-corrected chi connectivity index (χ2v) is 8.64. The molecule has 4 nitrogen and oxygen atoms in total. The molecule has 1 heterocycles. The predicted octanol–water partition coefficient (Wildman–Crippen LogP) is 4.73. The molecule has 143 valence electrons. The van der Waals surface area contributed by atoms with Crippen molar-refractivity contribution in [1.29, 1.82) is 0 Å². The van der Waals surface area contributed by atoms with E-state index in [-0.39, 0.29) is 12.1 Å². The molecule has 0 amide bonds. The molecule has 2 aromatic rings. The molecule has 0 aromatic heterocycles. The number of rotatable bonds is 4. The van der Waals surface area contributed by atoms with Gasteiger partial charge in [-0.05, 0) is 38.8 Å². The van der Waals surface area contributed by atoms with Crippen molar-refractivity contribution < 1.29 is 14.7 Å². The van der Waals surface area contributed by atoms with Crippen LogP contribution in [0.5, 0.6) is 0 Å². The summed E-state index contributed by atoms with van der Waals surface area (Å²) < 4.78 is 5.98. The van der Waals surface area contributed by atoms with Crippen molar-refractivity contribution in [2.75, 3.05) is 0 Å². The van der Waals surface area contributed by atoms with Gasteiger partial charge in [0.2, 0.25) is 0 Å². The number of hydrogen-bond acceptors (Lipinski definition) is 3. The molecule has 1 aliphatic rings. The van der Waals surface area contributed by atoms with Gasteiger partial charge in [0.25, 0.3) is 0 Å². The highest BCUT2D eigenvalue weighted by atomic mass is 16.8. The van der Waals surface area contributed by atoms with E-state index in [9.17, 15) is 10.0 Å². The molecule has 1 fully saturated rings. The first kappa shape index (κ1) is 19.6. The third kappa shape index (κ3) is 4.23. The molecule has 3 rings (SSSR count). The zero-order chi connectivity index (χ0) is 19.7. The van der Waals surface area contributed by atoms with E-state index in [1.54, 1.807) is 0 Å². The van der Waals surface area contributed by atoms with Crippen LogP contribution in [-0.2, 0) is 14.7 Å². The van der Waals surface area contributed by atoms with Gasteiger partial charge in [-0.25, -0.2) is 0 Å². The first-order valence-corrected chi connectivity index (χ1v) is 9.48. The topological polar surface area (TPSA) is 49.4 Å². The van der Waals surface area contributed by atoms with Crippen LogP contribution in [0.3, 0.4) is 0 Å². The number of piperidine rings is 1. The lowest BCUT2D eigenvalue weighted by atomic mass is 9.84. The van der Waals surface area contributed by atoms with Gasteiger partial charge in [-0.3, -0.25) is 4.79 Å². The Balaban J connectivity index is 1.85.